The summed E-state index contributed by atoms with van der Waals surface area (Å²) >= 11 is 0. The van der Waals surface area contributed by atoms with E-state index < -0.39 is 45.5 Å². The lowest BCUT2D eigenvalue weighted by molar-refractivity contribution is -0.377. The molecule has 0 spiro atoms. The number of hydrogen-bond acceptors (Lipinski definition) is 2. The van der Waals surface area contributed by atoms with Gasteiger partial charge in [-0.25, -0.2) is 0 Å². The lowest BCUT2D eigenvalue weighted by Gasteiger charge is -2.52. The number of rotatable bonds is 2. The fourth-order valence-electron chi connectivity index (χ4n) is 5.51. The molecule has 2 N–H and O–H groups in total. The molecule has 2 saturated carbocycles. The van der Waals surface area contributed by atoms with Crippen LogP contribution >= 0.6 is 0 Å². The smallest absolute Gasteiger partial charge is 0.384 e. The van der Waals surface area contributed by atoms with Gasteiger partial charge in [-0.2, -0.15) is 26.3 Å². The van der Waals surface area contributed by atoms with Crippen LogP contribution in [0.3, 0.4) is 0 Å². The lowest BCUT2D eigenvalue weighted by atomic mass is 9.56. The van der Waals surface area contributed by atoms with Crippen LogP contribution < -0.4 is 0 Å². The average Bonchev–Trinajstić information content (AvgIpc) is 3.00. The first kappa shape index (κ1) is 20.5. The summed E-state index contributed by atoms with van der Waals surface area (Å²) in [5, 5.41) is 21.6. The Kier molecular flexibility index (Phi) is 4.10. The zero-order valence-electron chi connectivity index (χ0n) is 15.2. The van der Waals surface area contributed by atoms with Crippen molar-refractivity contribution < 1.29 is 36.6 Å². The van der Waals surface area contributed by atoms with E-state index in [9.17, 15) is 36.6 Å². The first-order valence-electron chi connectivity index (χ1n) is 8.72. The highest BCUT2D eigenvalue weighted by Gasteiger charge is 2.75. The molecule has 1 aromatic carbocycles. The van der Waals surface area contributed by atoms with E-state index in [2.05, 4.69) is 0 Å². The molecule has 0 saturated heterocycles. The number of hydrogen-bond donors (Lipinski definition) is 2. The minimum atomic E-state index is -6.00. The van der Waals surface area contributed by atoms with Gasteiger partial charge in [-0.15, -0.1) is 0 Å². The molecule has 0 aromatic heterocycles. The van der Waals surface area contributed by atoms with Crippen molar-refractivity contribution >= 4 is 0 Å². The number of halogens is 6. The van der Waals surface area contributed by atoms with Crippen LogP contribution in [0.15, 0.2) is 24.3 Å². The summed E-state index contributed by atoms with van der Waals surface area (Å²) in [6.07, 6.45) is -10.3. The predicted molar refractivity (Wildman–Crippen MR) is 85.6 cm³/mol. The first-order valence-corrected chi connectivity index (χ1v) is 8.72. The van der Waals surface area contributed by atoms with Gasteiger partial charge in [-0.3, -0.25) is 0 Å². The highest BCUT2D eigenvalue weighted by Crippen LogP contribution is 2.72. The molecule has 1 aromatic rings. The van der Waals surface area contributed by atoms with Crippen molar-refractivity contribution in [1.29, 1.82) is 0 Å². The van der Waals surface area contributed by atoms with E-state index in [1.807, 2.05) is 0 Å². The molecule has 2 fully saturated rings. The lowest BCUT2D eigenvalue weighted by Crippen LogP contribution is -2.57. The molecule has 3 rings (SSSR count). The van der Waals surface area contributed by atoms with Crippen LogP contribution in [0, 0.1) is 16.7 Å². The van der Waals surface area contributed by atoms with Gasteiger partial charge in [0.1, 0.15) is 5.60 Å². The minimum Gasteiger partial charge on any atom is -0.384 e. The van der Waals surface area contributed by atoms with Gasteiger partial charge >= 0.3 is 12.4 Å². The van der Waals surface area contributed by atoms with Crippen LogP contribution in [-0.4, -0.2) is 22.6 Å². The van der Waals surface area contributed by atoms with E-state index >= 15 is 0 Å². The Morgan fingerprint density at radius 1 is 0.963 bits per heavy atom. The number of benzene rings is 1. The van der Waals surface area contributed by atoms with Gasteiger partial charge in [0.2, 0.25) is 0 Å². The van der Waals surface area contributed by atoms with Gasteiger partial charge in [0.15, 0.2) is 0 Å². The van der Waals surface area contributed by atoms with Crippen molar-refractivity contribution in [3.05, 3.63) is 35.4 Å². The Bertz CT molecular complexity index is 733. The van der Waals surface area contributed by atoms with Crippen LogP contribution in [0.5, 0.6) is 0 Å². The Hall–Kier alpha value is -1.28. The third-order valence-corrected chi connectivity index (χ3v) is 7.10. The van der Waals surface area contributed by atoms with Gasteiger partial charge in [0.25, 0.3) is 5.60 Å². The molecule has 2 aliphatic rings. The number of fused-ring (bicyclic) bond motifs is 2. The second-order valence-electron chi connectivity index (χ2n) is 8.68. The molecule has 2 bridgehead atoms. The third-order valence-electron chi connectivity index (χ3n) is 7.10. The molecule has 152 valence electrons. The molecule has 2 aliphatic carbocycles. The number of aliphatic hydroxyl groups is 2. The third kappa shape index (κ3) is 2.29. The molecule has 0 heterocycles. The second kappa shape index (κ2) is 5.41. The van der Waals surface area contributed by atoms with Crippen LogP contribution in [0.25, 0.3) is 0 Å². The minimum absolute atomic E-state index is 0.0366. The Morgan fingerprint density at radius 3 is 1.93 bits per heavy atom. The summed E-state index contributed by atoms with van der Waals surface area (Å²) in [7, 11) is 0. The van der Waals surface area contributed by atoms with Crippen molar-refractivity contribution in [2.24, 2.45) is 16.7 Å². The SMILES string of the molecule is CC1(C)[C@H]2CC[C@](C)(C2)[C@]1(O)c1ccccc1C(O)(C(F)(F)F)C(F)(F)F. The van der Waals surface area contributed by atoms with Crippen LogP contribution in [0.1, 0.15) is 51.2 Å². The normalized spacial score (nSPS) is 33.5. The molecule has 8 heteroatoms. The molecule has 2 nitrogen and oxygen atoms in total. The number of alkyl halides is 6. The highest BCUT2D eigenvalue weighted by molar-refractivity contribution is 5.44. The molecule has 0 radical (unpaired) electrons. The predicted octanol–water partition coefficient (Wildman–Crippen LogP) is 5.03. The van der Waals surface area contributed by atoms with Crippen molar-refractivity contribution in [2.45, 2.75) is 63.6 Å². The van der Waals surface area contributed by atoms with Gasteiger partial charge in [-0.1, -0.05) is 45.0 Å². The van der Waals surface area contributed by atoms with Gasteiger partial charge < -0.3 is 10.2 Å². The maximum absolute atomic E-state index is 13.5. The summed E-state index contributed by atoms with van der Waals surface area (Å²) in [6.45, 7) is 5.02. The molecule has 3 atom stereocenters. The van der Waals surface area contributed by atoms with Gasteiger partial charge in [-0.05, 0) is 30.7 Å². The van der Waals surface area contributed by atoms with E-state index in [1.54, 1.807) is 20.8 Å². The zero-order chi connectivity index (χ0) is 20.7. The van der Waals surface area contributed by atoms with E-state index in [-0.39, 0.29) is 5.92 Å². The summed E-state index contributed by atoms with van der Waals surface area (Å²) in [4.78, 5) is 0. The van der Waals surface area contributed by atoms with Crippen molar-refractivity contribution in [2.75, 3.05) is 0 Å². The highest BCUT2D eigenvalue weighted by atomic mass is 19.4. The molecular formula is C19H22F6O2. The quantitative estimate of drug-likeness (QED) is 0.689. The van der Waals surface area contributed by atoms with E-state index in [1.165, 1.54) is 6.07 Å². The van der Waals surface area contributed by atoms with Gasteiger partial charge in [0.05, 0.1) is 0 Å². The molecular weight excluding hydrogens is 374 g/mol. The van der Waals surface area contributed by atoms with Crippen LogP contribution in [0.4, 0.5) is 26.3 Å². The Balaban J connectivity index is 2.33. The van der Waals surface area contributed by atoms with Crippen LogP contribution in [0.2, 0.25) is 0 Å². The Morgan fingerprint density at radius 2 is 1.48 bits per heavy atom. The average molecular weight is 396 g/mol. The summed E-state index contributed by atoms with van der Waals surface area (Å²) in [6, 6.07) is 3.98. The van der Waals surface area contributed by atoms with E-state index in [4.69, 9.17) is 0 Å². The maximum Gasteiger partial charge on any atom is 0.430 e. The van der Waals surface area contributed by atoms with E-state index in [0.29, 0.717) is 18.9 Å². The fraction of sp³-hybridized carbons (Fsp3) is 0.684. The summed E-state index contributed by atoms with van der Waals surface area (Å²) < 4.78 is 81.0. The monoisotopic (exact) mass is 396 g/mol. The zero-order valence-corrected chi connectivity index (χ0v) is 15.2. The molecule has 27 heavy (non-hydrogen) atoms. The molecule has 0 unspecified atom stereocenters. The summed E-state index contributed by atoms with van der Waals surface area (Å²) in [5.41, 5.74) is -10.7. The first-order chi connectivity index (χ1) is 12.0. The van der Waals surface area contributed by atoms with E-state index in [0.717, 1.165) is 18.6 Å². The summed E-state index contributed by atoms with van der Waals surface area (Å²) in [5.74, 6) is -0.0366. The second-order valence-corrected chi connectivity index (χ2v) is 8.68. The Labute approximate surface area is 153 Å². The van der Waals surface area contributed by atoms with Crippen molar-refractivity contribution in [3.8, 4) is 0 Å². The maximum atomic E-state index is 13.5. The van der Waals surface area contributed by atoms with Crippen LogP contribution in [-0.2, 0) is 11.2 Å². The molecule has 0 amide bonds. The molecule has 0 aliphatic heterocycles. The topological polar surface area (TPSA) is 40.5 Å². The standard InChI is InChI=1S/C19H22F6O2/c1-14(2)11-8-9-15(3,10-11)16(14,26)12-6-4-5-7-13(12)17(27,18(20,21)22)19(23,24)25/h4-7,11,26-27H,8-10H2,1-3H3/t11-,15+,16-/m0/s1. The van der Waals surface area contributed by atoms with Crippen molar-refractivity contribution in [1.82, 2.24) is 0 Å². The largest absolute Gasteiger partial charge is 0.430 e. The van der Waals surface area contributed by atoms with Crippen molar-refractivity contribution in [3.63, 3.8) is 0 Å². The fourth-order valence-corrected chi connectivity index (χ4v) is 5.51. The van der Waals surface area contributed by atoms with Gasteiger partial charge in [0, 0.05) is 16.4 Å².